The van der Waals surface area contributed by atoms with Crippen molar-refractivity contribution in [1.29, 1.82) is 0 Å². The van der Waals surface area contributed by atoms with Crippen molar-refractivity contribution in [2.24, 2.45) is 11.3 Å². The summed E-state index contributed by atoms with van der Waals surface area (Å²) in [5.41, 5.74) is -2.01. The zero-order chi connectivity index (χ0) is 11.7. The Morgan fingerprint density at radius 3 is 2.56 bits per heavy atom. The van der Waals surface area contributed by atoms with E-state index < -0.39 is 23.5 Å². The third kappa shape index (κ3) is 2.60. The Hall–Kier alpha value is -0.490. The largest absolute Gasteiger partial charge is 0.466 e. The molecule has 1 heterocycles. The standard InChI is InChI=1S/C9H14F3NO2.ClH/c1-3-15-7(14)6-4-13-5-8(6,2)9(10,11)12;/h6,13H,3-5H2,1-2H3;1H. The van der Waals surface area contributed by atoms with Gasteiger partial charge in [-0.05, 0) is 13.8 Å². The fraction of sp³-hybridized carbons (Fsp3) is 0.889. The number of nitrogens with one attached hydrogen (secondary N) is 1. The molecule has 0 aromatic rings. The van der Waals surface area contributed by atoms with Crippen LogP contribution in [0.15, 0.2) is 0 Å². The van der Waals surface area contributed by atoms with Crippen molar-refractivity contribution in [3.05, 3.63) is 0 Å². The first-order chi connectivity index (χ1) is 6.83. The van der Waals surface area contributed by atoms with Gasteiger partial charge in [-0.15, -0.1) is 12.4 Å². The maximum atomic E-state index is 12.7. The summed E-state index contributed by atoms with van der Waals surface area (Å²) in [5.74, 6) is -1.92. The third-order valence-electron chi connectivity index (χ3n) is 2.83. The highest BCUT2D eigenvalue weighted by molar-refractivity contribution is 5.85. The molecule has 96 valence electrons. The van der Waals surface area contributed by atoms with Crippen molar-refractivity contribution in [2.75, 3.05) is 19.7 Å². The monoisotopic (exact) mass is 261 g/mol. The predicted molar refractivity (Wildman–Crippen MR) is 54.4 cm³/mol. The van der Waals surface area contributed by atoms with Gasteiger partial charge >= 0.3 is 12.1 Å². The lowest BCUT2D eigenvalue weighted by Crippen LogP contribution is -2.45. The quantitative estimate of drug-likeness (QED) is 0.770. The number of carbonyl (C=O) groups is 1. The fourth-order valence-corrected chi connectivity index (χ4v) is 1.71. The van der Waals surface area contributed by atoms with Gasteiger partial charge in [-0.1, -0.05) is 0 Å². The summed E-state index contributed by atoms with van der Waals surface area (Å²) < 4.78 is 42.9. The van der Waals surface area contributed by atoms with Gasteiger partial charge in [-0.2, -0.15) is 13.2 Å². The van der Waals surface area contributed by atoms with Crippen LogP contribution in [0.2, 0.25) is 0 Å². The number of hydrogen-bond acceptors (Lipinski definition) is 3. The van der Waals surface area contributed by atoms with Crippen LogP contribution >= 0.6 is 12.4 Å². The minimum absolute atomic E-state index is 0. The second-order valence-electron chi connectivity index (χ2n) is 3.85. The Bertz CT molecular complexity index is 260. The molecule has 7 heteroatoms. The van der Waals surface area contributed by atoms with Crippen LogP contribution in [-0.4, -0.2) is 31.8 Å². The summed E-state index contributed by atoms with van der Waals surface area (Å²) in [6.45, 7) is 2.51. The van der Waals surface area contributed by atoms with Gasteiger partial charge in [0.2, 0.25) is 0 Å². The molecule has 0 bridgehead atoms. The van der Waals surface area contributed by atoms with Crippen molar-refractivity contribution in [1.82, 2.24) is 5.32 Å². The van der Waals surface area contributed by atoms with Crippen LogP contribution in [0.4, 0.5) is 13.2 Å². The number of rotatable bonds is 2. The number of alkyl halides is 3. The van der Waals surface area contributed by atoms with E-state index in [4.69, 9.17) is 0 Å². The SMILES string of the molecule is CCOC(=O)C1CNCC1(C)C(F)(F)F.Cl. The van der Waals surface area contributed by atoms with Gasteiger partial charge in [0.1, 0.15) is 0 Å². The maximum Gasteiger partial charge on any atom is 0.396 e. The minimum Gasteiger partial charge on any atom is -0.466 e. The van der Waals surface area contributed by atoms with Crippen molar-refractivity contribution in [2.45, 2.75) is 20.0 Å². The molecule has 1 N–H and O–H groups in total. The lowest BCUT2D eigenvalue weighted by molar-refractivity contribution is -0.228. The lowest BCUT2D eigenvalue weighted by atomic mass is 9.79. The highest BCUT2D eigenvalue weighted by Gasteiger charge is 2.60. The number of esters is 1. The topological polar surface area (TPSA) is 38.3 Å². The number of halogens is 4. The number of hydrogen-bond donors (Lipinski definition) is 1. The van der Waals surface area contributed by atoms with Crippen LogP contribution in [0.25, 0.3) is 0 Å². The average molecular weight is 262 g/mol. The Balaban J connectivity index is 0.00000225. The normalized spacial score (nSPS) is 29.7. The lowest BCUT2D eigenvalue weighted by Gasteiger charge is -2.31. The first kappa shape index (κ1) is 15.5. The van der Waals surface area contributed by atoms with Crippen molar-refractivity contribution < 1.29 is 22.7 Å². The van der Waals surface area contributed by atoms with Gasteiger partial charge in [0, 0.05) is 13.1 Å². The van der Waals surface area contributed by atoms with E-state index in [0.717, 1.165) is 6.92 Å². The molecule has 0 aromatic heterocycles. The summed E-state index contributed by atoms with van der Waals surface area (Å²) >= 11 is 0. The van der Waals surface area contributed by atoms with E-state index >= 15 is 0 Å². The van der Waals surface area contributed by atoms with Crippen molar-refractivity contribution in [3.63, 3.8) is 0 Å². The van der Waals surface area contributed by atoms with Gasteiger partial charge in [-0.25, -0.2) is 0 Å². The second-order valence-corrected chi connectivity index (χ2v) is 3.85. The number of ether oxygens (including phenoxy) is 1. The molecule has 2 unspecified atom stereocenters. The molecule has 16 heavy (non-hydrogen) atoms. The zero-order valence-corrected chi connectivity index (χ0v) is 9.87. The van der Waals surface area contributed by atoms with E-state index in [2.05, 4.69) is 10.1 Å². The highest BCUT2D eigenvalue weighted by atomic mass is 35.5. The molecular weight excluding hydrogens is 247 g/mol. The molecule has 3 nitrogen and oxygen atoms in total. The van der Waals surface area contributed by atoms with Crippen molar-refractivity contribution in [3.8, 4) is 0 Å². The Morgan fingerprint density at radius 2 is 2.12 bits per heavy atom. The molecule has 0 amide bonds. The predicted octanol–water partition coefficient (Wildman–Crippen LogP) is 1.76. The van der Waals surface area contributed by atoms with E-state index in [0.29, 0.717) is 0 Å². The molecule has 1 saturated heterocycles. The van der Waals surface area contributed by atoms with Gasteiger partial charge in [0.15, 0.2) is 0 Å². The molecule has 0 aromatic carbocycles. The molecule has 1 rings (SSSR count). The molecular formula is C9H15ClF3NO2. The summed E-state index contributed by atoms with van der Waals surface area (Å²) in [5, 5.41) is 2.59. The molecule has 0 aliphatic carbocycles. The van der Waals surface area contributed by atoms with Gasteiger partial charge in [0.05, 0.1) is 17.9 Å². The molecule has 0 saturated carbocycles. The first-order valence-corrected chi connectivity index (χ1v) is 4.77. The average Bonchev–Trinajstić information content (AvgIpc) is 2.48. The van der Waals surface area contributed by atoms with Crippen LogP contribution in [-0.2, 0) is 9.53 Å². The van der Waals surface area contributed by atoms with Crippen LogP contribution < -0.4 is 5.32 Å². The van der Waals surface area contributed by atoms with Gasteiger partial charge < -0.3 is 10.1 Å². The third-order valence-corrected chi connectivity index (χ3v) is 2.83. The molecule has 2 atom stereocenters. The maximum absolute atomic E-state index is 12.7. The van der Waals surface area contributed by atoms with Crippen molar-refractivity contribution >= 4 is 18.4 Å². The molecule has 1 aliphatic rings. The highest BCUT2D eigenvalue weighted by Crippen LogP contribution is 2.46. The van der Waals surface area contributed by atoms with Crippen LogP contribution in [0, 0.1) is 11.3 Å². The minimum atomic E-state index is -4.39. The number of carbonyl (C=O) groups excluding carboxylic acids is 1. The van der Waals surface area contributed by atoms with Crippen LogP contribution in [0.1, 0.15) is 13.8 Å². The first-order valence-electron chi connectivity index (χ1n) is 4.77. The van der Waals surface area contributed by atoms with E-state index in [1.165, 1.54) is 0 Å². The molecule has 0 spiro atoms. The van der Waals surface area contributed by atoms with Crippen LogP contribution in [0.5, 0.6) is 0 Å². The smallest absolute Gasteiger partial charge is 0.396 e. The van der Waals surface area contributed by atoms with Gasteiger partial charge in [-0.3, -0.25) is 4.79 Å². The Kier molecular flexibility index (Phi) is 5.07. The van der Waals surface area contributed by atoms with E-state index in [1.54, 1.807) is 6.92 Å². The fourth-order valence-electron chi connectivity index (χ4n) is 1.71. The molecule has 1 fully saturated rings. The van der Waals surface area contributed by atoms with E-state index in [9.17, 15) is 18.0 Å². The Labute approximate surface area is 98.1 Å². The molecule has 0 radical (unpaired) electrons. The zero-order valence-electron chi connectivity index (χ0n) is 9.06. The summed E-state index contributed by atoms with van der Waals surface area (Å²) in [6, 6.07) is 0. The summed E-state index contributed by atoms with van der Waals surface area (Å²) in [7, 11) is 0. The summed E-state index contributed by atoms with van der Waals surface area (Å²) in [4.78, 5) is 11.3. The van der Waals surface area contributed by atoms with E-state index in [1.807, 2.05) is 0 Å². The van der Waals surface area contributed by atoms with Gasteiger partial charge in [0.25, 0.3) is 0 Å². The van der Waals surface area contributed by atoms with E-state index in [-0.39, 0.29) is 32.1 Å². The molecule has 1 aliphatic heterocycles. The second kappa shape index (κ2) is 5.23. The Morgan fingerprint density at radius 1 is 1.56 bits per heavy atom. The summed E-state index contributed by atoms with van der Waals surface area (Å²) in [6.07, 6.45) is -4.39. The van der Waals surface area contributed by atoms with Crippen LogP contribution in [0.3, 0.4) is 0 Å².